The van der Waals surface area contributed by atoms with Crippen molar-refractivity contribution in [2.24, 2.45) is 0 Å². The molecule has 0 saturated carbocycles. The van der Waals surface area contributed by atoms with E-state index in [-0.39, 0.29) is 4.90 Å². The van der Waals surface area contributed by atoms with Gasteiger partial charge in [-0.3, -0.25) is 0 Å². The molecule has 0 radical (unpaired) electrons. The first-order valence-electron chi connectivity index (χ1n) is 12.5. The van der Waals surface area contributed by atoms with E-state index in [1.807, 2.05) is 19.1 Å². The van der Waals surface area contributed by atoms with Crippen LogP contribution in [-0.2, 0) is 23.1 Å². The Morgan fingerprint density at radius 1 is 0.971 bits per heavy atom. The van der Waals surface area contributed by atoms with Crippen LogP contribution in [0.4, 0.5) is 0 Å². The summed E-state index contributed by atoms with van der Waals surface area (Å²) >= 11 is 5.93. The molecule has 0 aliphatic heterocycles. The summed E-state index contributed by atoms with van der Waals surface area (Å²) in [5, 5.41) is 0.818. The molecular weight excluding hydrogens is 480 g/mol. The molecule has 0 amide bonds. The van der Waals surface area contributed by atoms with Gasteiger partial charge in [-0.2, -0.15) is 0 Å². The number of halogens is 1. The highest BCUT2D eigenvalue weighted by Gasteiger charge is 2.11. The molecule has 0 spiro atoms. The van der Waals surface area contributed by atoms with Crippen molar-refractivity contribution in [1.82, 2.24) is 4.57 Å². The summed E-state index contributed by atoms with van der Waals surface area (Å²) in [7, 11) is -4.27. The minimum absolute atomic E-state index is 0.178. The first-order chi connectivity index (χ1) is 16.7. The Labute approximate surface area is 216 Å². The van der Waals surface area contributed by atoms with E-state index in [1.54, 1.807) is 12.1 Å². The van der Waals surface area contributed by atoms with Gasteiger partial charge in [-0.15, -0.1) is 0 Å². The van der Waals surface area contributed by atoms with Gasteiger partial charge in [-0.1, -0.05) is 67.6 Å². The van der Waals surface area contributed by atoms with Gasteiger partial charge in [0.05, 0.1) is 17.5 Å². The highest BCUT2D eigenvalue weighted by molar-refractivity contribution is 7.85. The summed E-state index contributed by atoms with van der Waals surface area (Å²) in [6.45, 7) is 7.55. The van der Waals surface area contributed by atoms with Crippen molar-refractivity contribution in [3.63, 3.8) is 0 Å². The molecule has 1 aromatic heterocycles. The number of nitrogens with zero attached hydrogens (tertiary/aromatic N) is 2. The van der Waals surface area contributed by atoms with Crippen LogP contribution >= 0.6 is 11.6 Å². The van der Waals surface area contributed by atoms with Gasteiger partial charge in [0, 0.05) is 5.02 Å². The van der Waals surface area contributed by atoms with Crippen LogP contribution in [-0.4, -0.2) is 17.5 Å². The van der Waals surface area contributed by atoms with Crippen LogP contribution in [0.25, 0.3) is 0 Å². The molecule has 3 rings (SSSR count). The zero-order valence-electron chi connectivity index (χ0n) is 21.2. The summed E-state index contributed by atoms with van der Waals surface area (Å²) in [5.74, 6) is 0. The van der Waals surface area contributed by atoms with Crippen molar-refractivity contribution >= 4 is 21.7 Å². The van der Waals surface area contributed by atoms with Crippen molar-refractivity contribution in [1.29, 1.82) is 0 Å². The number of aromatic nitrogens is 2. The minimum atomic E-state index is -4.27. The Morgan fingerprint density at radius 3 is 2.26 bits per heavy atom. The average molecular weight is 519 g/mol. The summed E-state index contributed by atoms with van der Waals surface area (Å²) in [6.07, 6.45) is 16.9. The lowest BCUT2D eigenvalue weighted by molar-refractivity contribution is -0.697. The van der Waals surface area contributed by atoms with Gasteiger partial charge in [0.1, 0.15) is 22.5 Å². The molecule has 3 aromatic rings. The van der Waals surface area contributed by atoms with Gasteiger partial charge >= 0.3 is 0 Å². The average Bonchev–Trinajstić information content (AvgIpc) is 3.29. The maximum Gasteiger partial charge on any atom is 0.243 e. The lowest BCUT2D eigenvalue weighted by Crippen LogP contribution is -2.31. The molecular formula is C28H39ClN2O3S. The fourth-order valence-corrected chi connectivity index (χ4v) is 4.40. The van der Waals surface area contributed by atoms with Crippen LogP contribution in [0.15, 0.2) is 72.1 Å². The number of hydrogen-bond acceptors (Lipinski definition) is 3. The van der Waals surface area contributed by atoms with E-state index in [4.69, 9.17) is 11.6 Å². The van der Waals surface area contributed by atoms with E-state index in [0.29, 0.717) is 6.04 Å². The Bertz CT molecular complexity index is 1090. The molecule has 0 bridgehead atoms. The molecule has 0 fully saturated rings. The number of hydrogen-bond donors (Lipinski definition) is 0. The molecule has 1 atom stereocenters. The van der Waals surface area contributed by atoms with Crippen molar-refractivity contribution in [2.45, 2.75) is 89.6 Å². The maximum atomic E-state index is 10.4. The van der Waals surface area contributed by atoms with Crippen molar-refractivity contribution < 1.29 is 17.5 Å². The topological polar surface area (TPSA) is 66.0 Å². The second-order valence-corrected chi connectivity index (χ2v) is 11.0. The van der Waals surface area contributed by atoms with Crippen LogP contribution in [0.3, 0.4) is 0 Å². The van der Waals surface area contributed by atoms with E-state index in [1.165, 1.54) is 62.6 Å². The smallest absolute Gasteiger partial charge is 0.243 e. The highest BCUT2D eigenvalue weighted by Crippen LogP contribution is 2.16. The molecule has 0 aliphatic carbocycles. The Hall–Kier alpha value is -2.15. The number of benzene rings is 2. The third kappa shape index (κ3) is 11.4. The summed E-state index contributed by atoms with van der Waals surface area (Å²) in [6, 6.07) is 14.6. The first kappa shape index (κ1) is 29.1. The van der Waals surface area contributed by atoms with E-state index in [0.717, 1.165) is 23.6 Å². The second kappa shape index (κ2) is 15.1. The number of rotatable bonds is 12. The summed E-state index contributed by atoms with van der Waals surface area (Å²) < 4.78 is 35.9. The van der Waals surface area contributed by atoms with Gasteiger partial charge in [-0.05, 0) is 75.8 Å². The standard InChI is InChI=1S/C21H32ClN2.C7H8O3S/c1-3-4-5-6-7-15-23-16-17-24(18-23)19(2)9-8-10-20-11-13-21(22)14-12-20;1-6-2-4-7(5-3-6)11(8,9)10/h11-14,16-19H,3-10,15H2,1-2H3;2-5H,1H3,(H,8,9,10)/q+1;/p-1. The van der Waals surface area contributed by atoms with E-state index in [2.05, 4.69) is 53.8 Å². The predicted molar refractivity (Wildman–Crippen MR) is 142 cm³/mol. The van der Waals surface area contributed by atoms with E-state index >= 15 is 0 Å². The molecule has 1 heterocycles. The normalized spacial score (nSPS) is 12.1. The number of imidazole rings is 1. The molecule has 0 N–H and O–H groups in total. The zero-order valence-corrected chi connectivity index (χ0v) is 22.8. The Kier molecular flexibility index (Phi) is 12.5. The van der Waals surface area contributed by atoms with Gasteiger partial charge < -0.3 is 4.55 Å². The highest BCUT2D eigenvalue weighted by atomic mass is 35.5. The molecule has 0 saturated heterocycles. The molecule has 35 heavy (non-hydrogen) atoms. The molecule has 1 unspecified atom stereocenters. The van der Waals surface area contributed by atoms with Crippen LogP contribution in [0, 0.1) is 6.92 Å². The third-order valence-corrected chi connectivity index (χ3v) is 7.15. The lowest BCUT2D eigenvalue weighted by atomic mass is 10.1. The monoisotopic (exact) mass is 518 g/mol. The fraction of sp³-hybridized carbons (Fsp3) is 0.464. The molecule has 2 aromatic carbocycles. The van der Waals surface area contributed by atoms with Gasteiger partial charge in [0.15, 0.2) is 0 Å². The van der Waals surface area contributed by atoms with Crippen LogP contribution in [0.1, 0.15) is 76.0 Å². The van der Waals surface area contributed by atoms with Gasteiger partial charge in [-0.25, -0.2) is 17.6 Å². The Morgan fingerprint density at radius 2 is 1.63 bits per heavy atom. The summed E-state index contributed by atoms with van der Waals surface area (Å²) in [4.78, 5) is -0.178. The maximum absolute atomic E-state index is 10.4. The van der Waals surface area contributed by atoms with Crippen LogP contribution in [0.5, 0.6) is 0 Å². The second-order valence-electron chi connectivity index (χ2n) is 9.15. The van der Waals surface area contributed by atoms with Crippen LogP contribution < -0.4 is 4.57 Å². The first-order valence-corrected chi connectivity index (χ1v) is 14.3. The van der Waals surface area contributed by atoms with Gasteiger partial charge in [0.25, 0.3) is 0 Å². The summed E-state index contributed by atoms with van der Waals surface area (Å²) in [5.41, 5.74) is 2.30. The quantitative estimate of drug-likeness (QED) is 0.149. The third-order valence-electron chi connectivity index (χ3n) is 6.05. The minimum Gasteiger partial charge on any atom is -0.744 e. The Balaban J connectivity index is 0.000000328. The largest absolute Gasteiger partial charge is 0.744 e. The lowest BCUT2D eigenvalue weighted by Gasteiger charge is -2.08. The number of unbranched alkanes of at least 4 members (excludes halogenated alkanes) is 4. The van der Waals surface area contributed by atoms with Crippen molar-refractivity contribution in [2.75, 3.05) is 0 Å². The predicted octanol–water partition coefficient (Wildman–Crippen LogP) is 6.88. The SMILES string of the molecule is CCCCCCC[n+]1ccn(C(C)CCCc2ccc(Cl)cc2)c1.Cc1ccc(S(=O)(=O)[O-])cc1. The van der Waals surface area contributed by atoms with E-state index < -0.39 is 10.1 Å². The van der Waals surface area contributed by atoms with Crippen molar-refractivity contribution in [3.05, 3.63) is 83.4 Å². The zero-order chi connectivity index (χ0) is 25.7. The fourth-order valence-electron chi connectivity index (χ4n) is 3.81. The molecule has 192 valence electrons. The van der Waals surface area contributed by atoms with Gasteiger partial charge in [0.2, 0.25) is 6.33 Å². The van der Waals surface area contributed by atoms with E-state index in [9.17, 15) is 13.0 Å². The number of aryl methyl sites for hydroxylation is 3. The molecule has 5 nitrogen and oxygen atoms in total. The van der Waals surface area contributed by atoms with Crippen LogP contribution in [0.2, 0.25) is 5.02 Å². The van der Waals surface area contributed by atoms with Crippen molar-refractivity contribution in [3.8, 4) is 0 Å². The molecule has 7 heteroatoms. The molecule has 0 aliphatic rings.